The van der Waals surface area contributed by atoms with E-state index in [1.807, 2.05) is 0 Å². The van der Waals surface area contributed by atoms with Crippen LogP contribution in [0.3, 0.4) is 0 Å². The van der Waals surface area contributed by atoms with E-state index in [-0.39, 0.29) is 19.4 Å². The molecule has 0 aliphatic heterocycles. The maximum Gasteiger partial charge on any atom is 0.389 e. The molecule has 0 radical (unpaired) electrons. The van der Waals surface area contributed by atoms with Crippen LogP contribution in [0.2, 0.25) is 0 Å². The lowest BCUT2D eigenvalue weighted by Gasteiger charge is -2.06. The third-order valence-corrected chi connectivity index (χ3v) is 1.74. The number of rotatable bonds is 9. The summed E-state index contributed by atoms with van der Waals surface area (Å²) in [5, 5.41) is 0. The van der Waals surface area contributed by atoms with E-state index in [1.54, 1.807) is 0 Å². The summed E-state index contributed by atoms with van der Waals surface area (Å²) in [5.41, 5.74) is 0. The Kier molecular flexibility index (Phi) is 8.99. The van der Waals surface area contributed by atoms with Crippen molar-refractivity contribution in [2.45, 2.75) is 31.9 Å². The Hall–Kier alpha value is -0.780. The summed E-state index contributed by atoms with van der Waals surface area (Å²) < 4.78 is 56.2. The van der Waals surface area contributed by atoms with Gasteiger partial charge in [-0.2, -0.15) is 13.2 Å². The summed E-state index contributed by atoms with van der Waals surface area (Å²) in [7, 11) is 0. The molecular formula is C10H16F4O2. The Morgan fingerprint density at radius 2 is 1.69 bits per heavy atom. The fourth-order valence-corrected chi connectivity index (χ4v) is 1.02. The van der Waals surface area contributed by atoms with Gasteiger partial charge in [-0.3, -0.25) is 0 Å². The lowest BCUT2D eigenvalue weighted by Crippen LogP contribution is -2.07. The van der Waals surface area contributed by atoms with Crippen molar-refractivity contribution in [3.05, 3.63) is 12.6 Å². The third-order valence-electron chi connectivity index (χ3n) is 1.74. The first-order valence-electron chi connectivity index (χ1n) is 5.07. The lowest BCUT2D eigenvalue weighted by atomic mass is 10.2. The SMILES string of the molecule is FC=COCCOCCCCCC(F)(F)F. The Morgan fingerprint density at radius 3 is 2.31 bits per heavy atom. The summed E-state index contributed by atoms with van der Waals surface area (Å²) in [5.74, 6) is 0. The van der Waals surface area contributed by atoms with Gasteiger partial charge in [-0.25, -0.2) is 4.39 Å². The molecule has 0 N–H and O–H groups in total. The van der Waals surface area contributed by atoms with Gasteiger partial charge < -0.3 is 9.47 Å². The molecule has 0 aliphatic carbocycles. The van der Waals surface area contributed by atoms with Crippen molar-refractivity contribution in [2.75, 3.05) is 19.8 Å². The molecule has 0 bridgehead atoms. The van der Waals surface area contributed by atoms with Crippen LogP contribution < -0.4 is 0 Å². The van der Waals surface area contributed by atoms with Crippen LogP contribution in [0.5, 0.6) is 0 Å². The van der Waals surface area contributed by atoms with Gasteiger partial charge in [0.15, 0.2) is 0 Å². The molecule has 6 heteroatoms. The number of unbranched alkanes of at least 4 members (excludes halogenated alkanes) is 2. The molecule has 16 heavy (non-hydrogen) atoms. The normalized spacial score (nSPS) is 12.2. The van der Waals surface area contributed by atoms with E-state index in [2.05, 4.69) is 4.74 Å². The maximum atomic E-state index is 11.7. The molecule has 0 amide bonds. The highest BCUT2D eigenvalue weighted by Gasteiger charge is 2.25. The molecule has 96 valence electrons. The Bertz CT molecular complexity index is 180. The van der Waals surface area contributed by atoms with Gasteiger partial charge in [0, 0.05) is 13.0 Å². The van der Waals surface area contributed by atoms with Gasteiger partial charge in [0.05, 0.1) is 6.61 Å². The van der Waals surface area contributed by atoms with Gasteiger partial charge in [0.1, 0.15) is 19.2 Å². The van der Waals surface area contributed by atoms with Gasteiger partial charge in [-0.05, 0) is 12.8 Å². The second kappa shape index (κ2) is 9.45. The number of ether oxygens (including phenoxy) is 2. The van der Waals surface area contributed by atoms with Crippen molar-refractivity contribution in [1.82, 2.24) is 0 Å². The van der Waals surface area contributed by atoms with Crippen LogP contribution in [0.4, 0.5) is 17.6 Å². The molecule has 0 atom stereocenters. The standard InChI is InChI=1S/C10H16F4O2/c11-5-7-16-9-8-15-6-3-1-2-4-10(12,13)14/h5,7H,1-4,6,8-9H2. The van der Waals surface area contributed by atoms with Crippen molar-refractivity contribution in [3.8, 4) is 0 Å². The van der Waals surface area contributed by atoms with Gasteiger partial charge >= 0.3 is 6.18 Å². The highest BCUT2D eigenvalue weighted by atomic mass is 19.4. The van der Waals surface area contributed by atoms with Crippen LogP contribution >= 0.6 is 0 Å². The minimum absolute atomic E-state index is 0.133. The van der Waals surface area contributed by atoms with Crippen LogP contribution in [0.1, 0.15) is 25.7 Å². The van der Waals surface area contributed by atoms with E-state index in [0.29, 0.717) is 26.1 Å². The molecule has 0 heterocycles. The zero-order chi connectivity index (χ0) is 12.3. The van der Waals surface area contributed by atoms with Crippen molar-refractivity contribution in [2.24, 2.45) is 0 Å². The molecule has 0 aromatic carbocycles. The number of halogens is 4. The van der Waals surface area contributed by atoms with E-state index >= 15 is 0 Å². The van der Waals surface area contributed by atoms with Crippen molar-refractivity contribution >= 4 is 0 Å². The minimum Gasteiger partial charge on any atom is -0.496 e. The van der Waals surface area contributed by atoms with E-state index < -0.39 is 12.6 Å². The molecule has 0 spiro atoms. The van der Waals surface area contributed by atoms with Crippen LogP contribution in [0.15, 0.2) is 12.6 Å². The summed E-state index contributed by atoms with van der Waals surface area (Å²) in [6.45, 7) is 0.952. The van der Waals surface area contributed by atoms with Crippen LogP contribution in [0, 0.1) is 0 Å². The van der Waals surface area contributed by atoms with Gasteiger partial charge in [-0.1, -0.05) is 6.42 Å². The van der Waals surface area contributed by atoms with E-state index in [4.69, 9.17) is 4.74 Å². The summed E-state index contributed by atoms with van der Waals surface area (Å²) >= 11 is 0. The predicted molar refractivity (Wildman–Crippen MR) is 51.5 cm³/mol. The molecule has 0 saturated carbocycles. The first-order valence-corrected chi connectivity index (χ1v) is 5.07. The number of alkyl halides is 3. The molecule has 0 rings (SSSR count). The van der Waals surface area contributed by atoms with Crippen LogP contribution in [0.25, 0.3) is 0 Å². The minimum atomic E-state index is -4.06. The molecule has 0 fully saturated rings. The zero-order valence-corrected chi connectivity index (χ0v) is 8.93. The van der Waals surface area contributed by atoms with Crippen LogP contribution in [-0.2, 0) is 9.47 Å². The highest BCUT2D eigenvalue weighted by molar-refractivity contribution is 4.57. The first-order chi connectivity index (χ1) is 7.56. The summed E-state index contributed by atoms with van der Waals surface area (Å²) in [6, 6.07) is 0. The molecule has 0 aliphatic rings. The fraction of sp³-hybridized carbons (Fsp3) is 0.800. The Balaban J connectivity index is 3.04. The van der Waals surface area contributed by atoms with Crippen molar-refractivity contribution in [1.29, 1.82) is 0 Å². The predicted octanol–water partition coefficient (Wildman–Crippen LogP) is 3.58. The van der Waals surface area contributed by atoms with E-state index in [9.17, 15) is 17.6 Å². The van der Waals surface area contributed by atoms with Crippen molar-refractivity contribution < 1.29 is 27.0 Å². The molecule has 0 unspecified atom stereocenters. The topological polar surface area (TPSA) is 18.5 Å². The summed E-state index contributed by atoms with van der Waals surface area (Å²) in [4.78, 5) is 0. The summed E-state index contributed by atoms with van der Waals surface area (Å²) in [6.07, 6.45) is -2.40. The highest BCUT2D eigenvalue weighted by Crippen LogP contribution is 2.22. The molecular weight excluding hydrogens is 228 g/mol. The van der Waals surface area contributed by atoms with Crippen molar-refractivity contribution in [3.63, 3.8) is 0 Å². The number of hydrogen-bond donors (Lipinski definition) is 0. The monoisotopic (exact) mass is 244 g/mol. The fourth-order valence-electron chi connectivity index (χ4n) is 1.02. The molecule has 0 aromatic heterocycles. The lowest BCUT2D eigenvalue weighted by molar-refractivity contribution is -0.135. The average Bonchev–Trinajstić information content (AvgIpc) is 2.19. The molecule has 0 saturated heterocycles. The largest absolute Gasteiger partial charge is 0.496 e. The van der Waals surface area contributed by atoms with Gasteiger partial charge in [0.2, 0.25) is 0 Å². The smallest absolute Gasteiger partial charge is 0.389 e. The second-order valence-electron chi connectivity index (χ2n) is 3.17. The molecule has 0 aromatic rings. The third kappa shape index (κ3) is 13.2. The van der Waals surface area contributed by atoms with Gasteiger partial charge in [-0.15, -0.1) is 0 Å². The Morgan fingerprint density at radius 1 is 0.938 bits per heavy atom. The average molecular weight is 244 g/mol. The van der Waals surface area contributed by atoms with E-state index in [1.165, 1.54) is 0 Å². The Labute approximate surface area is 92.2 Å². The second-order valence-corrected chi connectivity index (χ2v) is 3.17. The zero-order valence-electron chi connectivity index (χ0n) is 8.93. The van der Waals surface area contributed by atoms with Gasteiger partial charge in [0.25, 0.3) is 0 Å². The van der Waals surface area contributed by atoms with Crippen LogP contribution in [-0.4, -0.2) is 26.0 Å². The first kappa shape index (κ1) is 15.2. The maximum absolute atomic E-state index is 11.7. The number of hydrogen-bond acceptors (Lipinski definition) is 2. The quantitative estimate of drug-likeness (QED) is 0.350. The molecule has 2 nitrogen and oxygen atoms in total. The van der Waals surface area contributed by atoms with E-state index in [0.717, 1.165) is 6.26 Å².